The molecule has 2 aromatic rings. The van der Waals surface area contributed by atoms with E-state index in [-0.39, 0.29) is 12.5 Å². The van der Waals surface area contributed by atoms with E-state index in [1.54, 1.807) is 6.92 Å². The van der Waals surface area contributed by atoms with Crippen LogP contribution in [-0.2, 0) is 34.0 Å². The second-order valence-electron chi connectivity index (χ2n) is 7.35. The van der Waals surface area contributed by atoms with Gasteiger partial charge in [0.2, 0.25) is 5.91 Å². The molecule has 7 nitrogen and oxygen atoms in total. The summed E-state index contributed by atoms with van der Waals surface area (Å²) in [4.78, 5) is 26.5. The van der Waals surface area contributed by atoms with Crippen LogP contribution in [0.3, 0.4) is 0 Å². The topological polar surface area (TPSA) is 79.9 Å². The van der Waals surface area contributed by atoms with Crippen LogP contribution in [0.4, 0.5) is 4.79 Å². The predicted octanol–water partition coefficient (Wildman–Crippen LogP) is 2.45. The van der Waals surface area contributed by atoms with E-state index in [1.165, 1.54) is 5.56 Å². The van der Waals surface area contributed by atoms with Crippen molar-refractivity contribution < 1.29 is 19.1 Å². The molecular weight excluding hydrogens is 382 g/mol. The standard InChI is InChI=1S/C23H29N3O4/c1-18(25-23(28)30-17-21-5-3-2-4-6-21)22(27)24-15-19-7-9-20(10-8-19)16-26-11-13-29-14-12-26/h2-10,18H,11-17H2,1H3,(H,24,27)(H,25,28)/t18-/m0/s1. The van der Waals surface area contributed by atoms with E-state index in [9.17, 15) is 9.59 Å². The monoisotopic (exact) mass is 411 g/mol. The van der Waals surface area contributed by atoms with E-state index < -0.39 is 12.1 Å². The van der Waals surface area contributed by atoms with Crippen LogP contribution in [-0.4, -0.2) is 49.2 Å². The largest absolute Gasteiger partial charge is 0.445 e. The van der Waals surface area contributed by atoms with E-state index in [2.05, 4.69) is 27.7 Å². The molecule has 2 aromatic carbocycles. The van der Waals surface area contributed by atoms with Crippen LogP contribution in [0.5, 0.6) is 0 Å². The van der Waals surface area contributed by atoms with Crippen molar-refractivity contribution in [2.75, 3.05) is 26.3 Å². The molecule has 3 rings (SSSR count). The summed E-state index contributed by atoms with van der Waals surface area (Å²) in [5.41, 5.74) is 3.14. The number of ether oxygens (including phenoxy) is 2. The number of carbonyl (C=O) groups excluding carboxylic acids is 2. The Balaban J connectivity index is 1.37. The van der Waals surface area contributed by atoms with Gasteiger partial charge in [0.1, 0.15) is 12.6 Å². The number of hydrogen-bond acceptors (Lipinski definition) is 5. The summed E-state index contributed by atoms with van der Waals surface area (Å²) in [5.74, 6) is -0.260. The van der Waals surface area contributed by atoms with Crippen molar-refractivity contribution >= 4 is 12.0 Å². The van der Waals surface area contributed by atoms with Crippen molar-refractivity contribution in [1.82, 2.24) is 15.5 Å². The van der Waals surface area contributed by atoms with Gasteiger partial charge in [0.05, 0.1) is 13.2 Å². The minimum absolute atomic E-state index is 0.164. The van der Waals surface area contributed by atoms with Gasteiger partial charge in [-0.1, -0.05) is 54.6 Å². The van der Waals surface area contributed by atoms with Crippen molar-refractivity contribution in [3.8, 4) is 0 Å². The van der Waals surface area contributed by atoms with Crippen LogP contribution in [0.2, 0.25) is 0 Å². The first-order chi connectivity index (χ1) is 14.6. The molecule has 1 fully saturated rings. The van der Waals surface area contributed by atoms with E-state index >= 15 is 0 Å². The lowest BCUT2D eigenvalue weighted by Crippen LogP contribution is -2.44. The van der Waals surface area contributed by atoms with E-state index in [0.717, 1.165) is 44.0 Å². The fourth-order valence-corrected chi connectivity index (χ4v) is 3.13. The number of amides is 2. The third kappa shape index (κ3) is 7.17. The highest BCUT2D eigenvalue weighted by molar-refractivity contribution is 5.85. The zero-order chi connectivity index (χ0) is 21.2. The van der Waals surface area contributed by atoms with Crippen molar-refractivity contribution in [3.63, 3.8) is 0 Å². The van der Waals surface area contributed by atoms with Crippen LogP contribution in [0.15, 0.2) is 54.6 Å². The Kier molecular flexibility index (Phi) is 8.23. The van der Waals surface area contributed by atoms with Gasteiger partial charge in [-0.2, -0.15) is 0 Å². The molecule has 1 heterocycles. The van der Waals surface area contributed by atoms with Gasteiger partial charge in [-0.05, 0) is 23.6 Å². The number of carbonyl (C=O) groups is 2. The normalized spacial score (nSPS) is 15.2. The summed E-state index contributed by atoms with van der Waals surface area (Å²) in [5, 5.41) is 5.39. The first-order valence-electron chi connectivity index (χ1n) is 10.2. The minimum atomic E-state index is -0.686. The number of hydrogen-bond donors (Lipinski definition) is 2. The number of nitrogens with zero attached hydrogens (tertiary/aromatic N) is 1. The SMILES string of the molecule is C[C@H](NC(=O)OCc1ccccc1)C(=O)NCc1ccc(CN2CCOCC2)cc1. The summed E-state index contributed by atoms with van der Waals surface area (Å²) >= 11 is 0. The van der Waals surface area contributed by atoms with Crippen molar-refractivity contribution in [1.29, 1.82) is 0 Å². The molecule has 0 aliphatic carbocycles. The molecule has 0 bridgehead atoms. The number of nitrogens with one attached hydrogen (secondary N) is 2. The van der Waals surface area contributed by atoms with Gasteiger partial charge < -0.3 is 20.1 Å². The highest BCUT2D eigenvalue weighted by Gasteiger charge is 2.16. The summed E-state index contributed by atoms with van der Waals surface area (Å²) in [6, 6.07) is 16.9. The average Bonchev–Trinajstić information content (AvgIpc) is 2.78. The maximum absolute atomic E-state index is 12.3. The van der Waals surface area contributed by atoms with Crippen molar-refractivity contribution in [2.24, 2.45) is 0 Å². The smallest absolute Gasteiger partial charge is 0.408 e. The van der Waals surface area contributed by atoms with E-state index in [0.29, 0.717) is 6.54 Å². The molecule has 1 saturated heterocycles. The number of rotatable bonds is 8. The second-order valence-corrected chi connectivity index (χ2v) is 7.35. The highest BCUT2D eigenvalue weighted by atomic mass is 16.5. The van der Waals surface area contributed by atoms with Gasteiger partial charge >= 0.3 is 6.09 Å². The Labute approximate surface area is 177 Å². The molecule has 1 aliphatic rings. The van der Waals surface area contributed by atoms with Crippen molar-refractivity contribution in [3.05, 3.63) is 71.3 Å². The summed E-state index contributed by atoms with van der Waals surface area (Å²) < 4.78 is 10.5. The Bertz CT molecular complexity index is 805. The Hall–Kier alpha value is -2.90. The van der Waals surface area contributed by atoms with Gasteiger partial charge in [-0.15, -0.1) is 0 Å². The van der Waals surface area contributed by atoms with E-state index in [1.807, 2.05) is 42.5 Å². The average molecular weight is 412 g/mol. The summed E-state index contributed by atoms with van der Waals surface area (Å²) in [6.45, 7) is 6.59. The minimum Gasteiger partial charge on any atom is -0.445 e. The third-order valence-electron chi connectivity index (χ3n) is 4.94. The van der Waals surface area contributed by atoms with Gasteiger partial charge in [0, 0.05) is 26.2 Å². The molecule has 160 valence electrons. The molecule has 0 unspecified atom stereocenters. The van der Waals surface area contributed by atoms with Crippen LogP contribution in [0.25, 0.3) is 0 Å². The maximum atomic E-state index is 12.3. The third-order valence-corrected chi connectivity index (χ3v) is 4.94. The molecule has 0 spiro atoms. The number of alkyl carbamates (subject to hydrolysis) is 1. The lowest BCUT2D eigenvalue weighted by molar-refractivity contribution is -0.122. The van der Waals surface area contributed by atoms with Crippen molar-refractivity contribution in [2.45, 2.75) is 32.7 Å². The fourth-order valence-electron chi connectivity index (χ4n) is 3.13. The Morgan fingerprint density at radius 3 is 2.37 bits per heavy atom. The molecule has 7 heteroatoms. The number of morpholine rings is 1. The number of benzene rings is 2. The fraction of sp³-hybridized carbons (Fsp3) is 0.391. The lowest BCUT2D eigenvalue weighted by Gasteiger charge is -2.26. The molecular formula is C23H29N3O4. The first kappa shape index (κ1) is 21.8. The van der Waals surface area contributed by atoms with Gasteiger partial charge in [-0.25, -0.2) is 4.79 Å². The van der Waals surface area contributed by atoms with Crippen LogP contribution in [0, 0.1) is 0 Å². The summed E-state index contributed by atoms with van der Waals surface area (Å²) in [6.07, 6.45) is -0.617. The quantitative estimate of drug-likeness (QED) is 0.698. The summed E-state index contributed by atoms with van der Waals surface area (Å²) in [7, 11) is 0. The molecule has 1 atom stereocenters. The lowest BCUT2D eigenvalue weighted by atomic mass is 10.1. The zero-order valence-electron chi connectivity index (χ0n) is 17.3. The predicted molar refractivity (Wildman–Crippen MR) is 114 cm³/mol. The van der Waals surface area contributed by atoms with Gasteiger partial charge in [-0.3, -0.25) is 9.69 Å². The molecule has 30 heavy (non-hydrogen) atoms. The molecule has 2 amide bonds. The van der Waals surface area contributed by atoms with Crippen LogP contribution < -0.4 is 10.6 Å². The molecule has 1 aliphatic heterocycles. The maximum Gasteiger partial charge on any atom is 0.408 e. The Morgan fingerprint density at radius 1 is 1.00 bits per heavy atom. The highest BCUT2D eigenvalue weighted by Crippen LogP contribution is 2.09. The van der Waals surface area contributed by atoms with Crippen LogP contribution in [0.1, 0.15) is 23.6 Å². The molecule has 2 N–H and O–H groups in total. The molecule has 0 saturated carbocycles. The molecule has 0 radical (unpaired) electrons. The molecule has 0 aromatic heterocycles. The van der Waals surface area contributed by atoms with Gasteiger partial charge in [0.25, 0.3) is 0 Å². The Morgan fingerprint density at radius 2 is 1.67 bits per heavy atom. The van der Waals surface area contributed by atoms with Crippen LogP contribution >= 0.6 is 0 Å². The zero-order valence-corrected chi connectivity index (χ0v) is 17.3. The first-order valence-corrected chi connectivity index (χ1v) is 10.2. The van der Waals surface area contributed by atoms with E-state index in [4.69, 9.17) is 9.47 Å². The van der Waals surface area contributed by atoms with Gasteiger partial charge in [0.15, 0.2) is 0 Å². The second kappa shape index (κ2) is 11.3.